The maximum atomic E-state index is 12.8. The quantitative estimate of drug-likeness (QED) is 0.0262. The highest BCUT2D eigenvalue weighted by Gasteiger charge is 2.19. The smallest absolute Gasteiger partial charge is 0.306 e. The van der Waals surface area contributed by atoms with Crippen molar-refractivity contribution in [3.63, 3.8) is 0 Å². The molecule has 6 heteroatoms. The fourth-order valence-corrected chi connectivity index (χ4v) is 7.58. The Balaban J connectivity index is 4.34. The van der Waals surface area contributed by atoms with Gasteiger partial charge in [0.25, 0.3) is 0 Å². The molecule has 0 saturated carbocycles. The predicted molar refractivity (Wildman–Crippen MR) is 279 cm³/mol. The largest absolute Gasteiger partial charge is 0.462 e. The Bertz CT molecular complexity index is 1230. The third-order valence-electron chi connectivity index (χ3n) is 11.7. The highest BCUT2D eigenvalue weighted by atomic mass is 16.6. The molecular weight excluding hydrogens is 805 g/mol. The highest BCUT2D eigenvalue weighted by Crippen LogP contribution is 2.15. The van der Waals surface area contributed by atoms with Crippen LogP contribution in [0.15, 0.2) is 72.9 Å². The van der Waals surface area contributed by atoms with E-state index in [1.54, 1.807) is 0 Å². The molecule has 0 aromatic rings. The third-order valence-corrected chi connectivity index (χ3v) is 11.7. The van der Waals surface area contributed by atoms with Gasteiger partial charge in [0.2, 0.25) is 0 Å². The van der Waals surface area contributed by atoms with E-state index in [0.29, 0.717) is 19.3 Å². The van der Waals surface area contributed by atoms with Crippen molar-refractivity contribution in [1.29, 1.82) is 0 Å². The molecule has 0 aromatic heterocycles. The number of carbonyl (C=O) groups is 3. The van der Waals surface area contributed by atoms with Crippen LogP contribution in [-0.2, 0) is 28.6 Å². The Kier molecular flexibility index (Phi) is 50.9. The van der Waals surface area contributed by atoms with Gasteiger partial charge in [-0.25, -0.2) is 0 Å². The van der Waals surface area contributed by atoms with Crippen molar-refractivity contribution < 1.29 is 28.6 Å². The number of unbranched alkanes of at least 4 members (excludes halogenated alkanes) is 26. The van der Waals surface area contributed by atoms with Gasteiger partial charge in [0.15, 0.2) is 6.10 Å². The standard InChI is InChI=1S/C59H102O6/c1-4-7-10-13-16-19-22-24-26-28-29-30-31-32-34-35-37-40-43-46-49-52-58(61)64-55-56(54-63-57(60)51-48-45-42-39-21-18-15-12-9-6-3)65-59(62)53-50-47-44-41-38-36-33-27-25-23-20-17-14-11-8-5-2/h7,10,16,19-20,23-24,26-27,29-30,33,56H,4-6,8-9,11-15,17-18,21-22,25,28,31-32,34-55H2,1-3H3/b10-7-,19-16-,23-20-,26-24-,30-29-,33-27-. The summed E-state index contributed by atoms with van der Waals surface area (Å²) in [6, 6.07) is 0. The summed E-state index contributed by atoms with van der Waals surface area (Å²) < 4.78 is 16.8. The van der Waals surface area contributed by atoms with E-state index in [4.69, 9.17) is 14.2 Å². The first-order valence-electron chi connectivity index (χ1n) is 27.4. The second-order valence-electron chi connectivity index (χ2n) is 18.1. The second kappa shape index (κ2) is 53.5. The summed E-state index contributed by atoms with van der Waals surface area (Å²) >= 11 is 0. The van der Waals surface area contributed by atoms with Crippen LogP contribution in [0, 0.1) is 0 Å². The van der Waals surface area contributed by atoms with Gasteiger partial charge in [-0.1, -0.05) is 229 Å². The van der Waals surface area contributed by atoms with E-state index >= 15 is 0 Å². The van der Waals surface area contributed by atoms with Gasteiger partial charge in [-0.2, -0.15) is 0 Å². The van der Waals surface area contributed by atoms with E-state index in [1.807, 2.05) is 0 Å². The molecule has 0 saturated heterocycles. The summed E-state index contributed by atoms with van der Waals surface area (Å²) in [6.45, 7) is 6.49. The van der Waals surface area contributed by atoms with E-state index in [2.05, 4.69) is 93.7 Å². The van der Waals surface area contributed by atoms with Crippen molar-refractivity contribution in [2.24, 2.45) is 0 Å². The van der Waals surface area contributed by atoms with Gasteiger partial charge in [-0.3, -0.25) is 14.4 Å². The Morgan fingerprint density at radius 3 is 0.954 bits per heavy atom. The molecule has 1 unspecified atom stereocenters. The Labute approximate surface area is 402 Å². The van der Waals surface area contributed by atoms with E-state index in [9.17, 15) is 14.4 Å². The number of allylic oxidation sites excluding steroid dienone is 12. The number of ether oxygens (including phenoxy) is 3. The first-order valence-corrected chi connectivity index (χ1v) is 27.4. The molecule has 0 fully saturated rings. The van der Waals surface area contributed by atoms with Crippen LogP contribution in [0.5, 0.6) is 0 Å². The number of carbonyl (C=O) groups excluding carboxylic acids is 3. The van der Waals surface area contributed by atoms with E-state index in [0.717, 1.165) is 116 Å². The van der Waals surface area contributed by atoms with E-state index in [1.165, 1.54) is 109 Å². The molecule has 0 aliphatic heterocycles. The zero-order chi connectivity index (χ0) is 47.2. The monoisotopic (exact) mass is 907 g/mol. The molecule has 374 valence electrons. The lowest BCUT2D eigenvalue weighted by Crippen LogP contribution is -2.30. The topological polar surface area (TPSA) is 78.9 Å². The second-order valence-corrected chi connectivity index (χ2v) is 18.1. The fourth-order valence-electron chi connectivity index (χ4n) is 7.58. The van der Waals surface area contributed by atoms with Gasteiger partial charge in [0, 0.05) is 19.3 Å². The molecular formula is C59H102O6. The van der Waals surface area contributed by atoms with Crippen molar-refractivity contribution in [3.05, 3.63) is 72.9 Å². The van der Waals surface area contributed by atoms with Crippen LogP contribution in [-0.4, -0.2) is 37.2 Å². The molecule has 0 aliphatic rings. The Hall–Kier alpha value is -3.15. The minimum absolute atomic E-state index is 0.0820. The maximum absolute atomic E-state index is 12.8. The van der Waals surface area contributed by atoms with E-state index in [-0.39, 0.29) is 31.1 Å². The van der Waals surface area contributed by atoms with Gasteiger partial charge in [-0.15, -0.1) is 0 Å². The lowest BCUT2D eigenvalue weighted by Gasteiger charge is -2.18. The zero-order valence-electron chi connectivity index (χ0n) is 42.7. The molecule has 0 aromatic carbocycles. The normalized spacial score (nSPS) is 12.6. The average Bonchev–Trinajstić information content (AvgIpc) is 3.30. The van der Waals surface area contributed by atoms with Crippen LogP contribution < -0.4 is 0 Å². The first-order chi connectivity index (χ1) is 32.0. The summed E-state index contributed by atoms with van der Waals surface area (Å²) in [5, 5.41) is 0. The molecule has 0 aliphatic carbocycles. The number of rotatable bonds is 49. The van der Waals surface area contributed by atoms with Gasteiger partial charge >= 0.3 is 17.9 Å². The Morgan fingerprint density at radius 1 is 0.323 bits per heavy atom. The lowest BCUT2D eigenvalue weighted by atomic mass is 10.1. The van der Waals surface area contributed by atoms with Gasteiger partial charge in [0.1, 0.15) is 13.2 Å². The lowest BCUT2D eigenvalue weighted by molar-refractivity contribution is -0.167. The highest BCUT2D eigenvalue weighted by molar-refractivity contribution is 5.71. The van der Waals surface area contributed by atoms with Crippen LogP contribution in [0.3, 0.4) is 0 Å². The zero-order valence-corrected chi connectivity index (χ0v) is 42.7. The number of esters is 3. The number of hydrogen-bond donors (Lipinski definition) is 0. The minimum atomic E-state index is -0.784. The molecule has 0 amide bonds. The van der Waals surface area contributed by atoms with Crippen molar-refractivity contribution in [2.75, 3.05) is 13.2 Å². The summed E-state index contributed by atoms with van der Waals surface area (Å²) in [5.41, 5.74) is 0. The van der Waals surface area contributed by atoms with Gasteiger partial charge in [-0.05, 0) is 89.9 Å². The molecule has 65 heavy (non-hydrogen) atoms. The van der Waals surface area contributed by atoms with Crippen LogP contribution in [0.2, 0.25) is 0 Å². The van der Waals surface area contributed by atoms with Crippen LogP contribution in [0.1, 0.15) is 265 Å². The molecule has 0 N–H and O–H groups in total. The van der Waals surface area contributed by atoms with E-state index < -0.39 is 6.10 Å². The van der Waals surface area contributed by atoms with Gasteiger partial charge in [0.05, 0.1) is 0 Å². The molecule has 0 spiro atoms. The molecule has 6 nitrogen and oxygen atoms in total. The summed E-state index contributed by atoms with van der Waals surface area (Å²) in [6.07, 6.45) is 67.4. The average molecular weight is 907 g/mol. The number of hydrogen-bond acceptors (Lipinski definition) is 6. The maximum Gasteiger partial charge on any atom is 0.306 e. The van der Waals surface area contributed by atoms with Crippen LogP contribution in [0.25, 0.3) is 0 Å². The van der Waals surface area contributed by atoms with Crippen molar-refractivity contribution in [2.45, 2.75) is 271 Å². The third kappa shape index (κ3) is 51.7. The van der Waals surface area contributed by atoms with Crippen LogP contribution >= 0.6 is 0 Å². The van der Waals surface area contributed by atoms with Crippen LogP contribution in [0.4, 0.5) is 0 Å². The molecule has 0 rings (SSSR count). The minimum Gasteiger partial charge on any atom is -0.462 e. The summed E-state index contributed by atoms with van der Waals surface area (Å²) in [4.78, 5) is 38.0. The van der Waals surface area contributed by atoms with Gasteiger partial charge < -0.3 is 14.2 Å². The summed E-state index contributed by atoms with van der Waals surface area (Å²) in [5.74, 6) is -0.900. The SMILES string of the molecule is CC/C=C\C/C=C\C/C=C\C/C=C\CCCCCCCCCCC(=O)OCC(COC(=O)CCCCCCCCCCCC)OC(=O)CCCCCCC/C=C\C/C=C\CCCCCC. The fraction of sp³-hybridized carbons (Fsp3) is 0.746. The first kappa shape index (κ1) is 61.9. The Morgan fingerprint density at radius 2 is 0.600 bits per heavy atom. The predicted octanol–water partition coefficient (Wildman–Crippen LogP) is 18.2. The molecule has 0 radical (unpaired) electrons. The van der Waals surface area contributed by atoms with Crippen molar-refractivity contribution in [3.8, 4) is 0 Å². The molecule has 0 bridgehead atoms. The van der Waals surface area contributed by atoms with Crippen molar-refractivity contribution in [1.82, 2.24) is 0 Å². The molecule has 1 atom stereocenters. The van der Waals surface area contributed by atoms with Crippen molar-refractivity contribution >= 4 is 17.9 Å². The summed E-state index contributed by atoms with van der Waals surface area (Å²) in [7, 11) is 0. The molecule has 0 heterocycles.